The molecule has 0 spiro atoms. The second kappa shape index (κ2) is 6.83. The molecule has 0 aliphatic rings. The molecule has 6 nitrogen and oxygen atoms in total. The van der Waals surface area contributed by atoms with Crippen LogP contribution in [0, 0.1) is 5.41 Å². The standard InChI is InChI=1S/C14H24N2O4/c1-7-9(13(17)19-8-2)12-15-11(16-20-12)10(18-6)14(3,4)5/h9-10H,7-8H2,1-6H3. The van der Waals surface area contributed by atoms with Crippen LogP contribution in [0.5, 0.6) is 0 Å². The van der Waals surface area contributed by atoms with Crippen LogP contribution in [0.3, 0.4) is 0 Å². The number of esters is 1. The lowest BCUT2D eigenvalue weighted by molar-refractivity contribution is -0.145. The monoisotopic (exact) mass is 284 g/mol. The van der Waals surface area contributed by atoms with Gasteiger partial charge in [0.25, 0.3) is 0 Å². The van der Waals surface area contributed by atoms with E-state index in [9.17, 15) is 4.79 Å². The maximum absolute atomic E-state index is 11.8. The first kappa shape index (κ1) is 16.6. The minimum Gasteiger partial charge on any atom is -0.465 e. The van der Waals surface area contributed by atoms with Crippen LogP contribution in [0.15, 0.2) is 4.52 Å². The van der Waals surface area contributed by atoms with Gasteiger partial charge in [0.15, 0.2) is 0 Å². The molecule has 2 unspecified atom stereocenters. The van der Waals surface area contributed by atoms with Crippen molar-refractivity contribution in [2.45, 2.75) is 53.1 Å². The fraction of sp³-hybridized carbons (Fsp3) is 0.786. The minimum atomic E-state index is -0.520. The minimum absolute atomic E-state index is 0.165. The van der Waals surface area contributed by atoms with Crippen molar-refractivity contribution in [1.82, 2.24) is 10.1 Å². The quantitative estimate of drug-likeness (QED) is 0.748. The topological polar surface area (TPSA) is 74.5 Å². The van der Waals surface area contributed by atoms with Crippen LogP contribution in [-0.2, 0) is 14.3 Å². The third-order valence-corrected chi connectivity index (χ3v) is 2.99. The number of nitrogens with zero attached hydrogens (tertiary/aromatic N) is 2. The van der Waals surface area contributed by atoms with Gasteiger partial charge in [-0.2, -0.15) is 4.98 Å². The summed E-state index contributed by atoms with van der Waals surface area (Å²) in [5.41, 5.74) is -0.165. The molecule has 0 aliphatic heterocycles. The van der Waals surface area contributed by atoms with E-state index >= 15 is 0 Å². The summed E-state index contributed by atoms with van der Waals surface area (Å²) >= 11 is 0. The highest BCUT2D eigenvalue weighted by molar-refractivity contribution is 5.76. The van der Waals surface area contributed by atoms with E-state index in [-0.39, 0.29) is 23.4 Å². The third-order valence-electron chi connectivity index (χ3n) is 2.99. The van der Waals surface area contributed by atoms with Gasteiger partial charge in [-0.1, -0.05) is 32.9 Å². The summed E-state index contributed by atoms with van der Waals surface area (Å²) in [7, 11) is 1.61. The molecule has 1 heterocycles. The van der Waals surface area contributed by atoms with Crippen molar-refractivity contribution in [3.8, 4) is 0 Å². The SMILES string of the molecule is CCOC(=O)C(CC)c1nc(C(OC)C(C)(C)C)no1. The van der Waals surface area contributed by atoms with E-state index in [4.69, 9.17) is 14.0 Å². The van der Waals surface area contributed by atoms with E-state index in [2.05, 4.69) is 10.1 Å². The first-order valence-corrected chi connectivity index (χ1v) is 6.88. The van der Waals surface area contributed by atoms with Crippen LogP contribution >= 0.6 is 0 Å². The van der Waals surface area contributed by atoms with Crippen LogP contribution in [0.25, 0.3) is 0 Å². The number of aromatic nitrogens is 2. The molecule has 0 bridgehead atoms. The van der Waals surface area contributed by atoms with Gasteiger partial charge >= 0.3 is 5.97 Å². The number of rotatable bonds is 6. The van der Waals surface area contributed by atoms with E-state index in [1.165, 1.54) is 0 Å². The number of hydrogen-bond acceptors (Lipinski definition) is 6. The predicted molar refractivity (Wildman–Crippen MR) is 73.2 cm³/mol. The zero-order valence-corrected chi connectivity index (χ0v) is 13.1. The first-order chi connectivity index (χ1) is 9.35. The van der Waals surface area contributed by atoms with E-state index < -0.39 is 5.92 Å². The molecule has 0 saturated carbocycles. The highest BCUT2D eigenvalue weighted by atomic mass is 16.5. The predicted octanol–water partition coefficient (Wildman–Crippen LogP) is 2.86. The number of carbonyl (C=O) groups excluding carboxylic acids is 1. The molecule has 0 fully saturated rings. The fourth-order valence-electron chi connectivity index (χ4n) is 2.03. The molecule has 2 atom stereocenters. The highest BCUT2D eigenvalue weighted by Crippen LogP contribution is 2.34. The summed E-state index contributed by atoms with van der Waals surface area (Å²) in [4.78, 5) is 16.2. The summed E-state index contributed by atoms with van der Waals surface area (Å²) < 4.78 is 15.7. The van der Waals surface area contributed by atoms with Crippen LogP contribution in [0.1, 0.15) is 64.8 Å². The molecular formula is C14H24N2O4. The van der Waals surface area contributed by atoms with Crippen LogP contribution in [0.2, 0.25) is 0 Å². The zero-order chi connectivity index (χ0) is 15.3. The molecule has 6 heteroatoms. The fourth-order valence-corrected chi connectivity index (χ4v) is 2.03. The Morgan fingerprint density at radius 2 is 2.00 bits per heavy atom. The lowest BCUT2D eigenvalue weighted by atomic mass is 9.88. The molecule has 114 valence electrons. The highest BCUT2D eigenvalue weighted by Gasteiger charge is 2.33. The maximum atomic E-state index is 11.8. The second-order valence-electron chi connectivity index (χ2n) is 5.69. The van der Waals surface area contributed by atoms with Crippen LogP contribution < -0.4 is 0 Å². The van der Waals surface area contributed by atoms with Crippen molar-refractivity contribution < 1.29 is 18.8 Å². The van der Waals surface area contributed by atoms with Crippen molar-refractivity contribution in [3.05, 3.63) is 11.7 Å². The van der Waals surface area contributed by atoms with Gasteiger partial charge in [-0.3, -0.25) is 4.79 Å². The molecule has 1 aromatic rings. The summed E-state index contributed by atoms with van der Waals surface area (Å²) in [6.07, 6.45) is 0.257. The van der Waals surface area contributed by atoms with Gasteiger partial charge < -0.3 is 14.0 Å². The van der Waals surface area contributed by atoms with Crippen LogP contribution in [0.4, 0.5) is 0 Å². The zero-order valence-electron chi connectivity index (χ0n) is 13.1. The molecule has 0 saturated heterocycles. The first-order valence-electron chi connectivity index (χ1n) is 6.88. The average Bonchev–Trinajstić information content (AvgIpc) is 2.78. The van der Waals surface area contributed by atoms with Gasteiger partial charge in [0.1, 0.15) is 12.0 Å². The van der Waals surface area contributed by atoms with Gasteiger partial charge in [-0.05, 0) is 18.8 Å². The summed E-state index contributed by atoms with van der Waals surface area (Å²) in [6, 6.07) is 0. The Labute approximate surface area is 119 Å². The van der Waals surface area contributed by atoms with Gasteiger partial charge in [0, 0.05) is 7.11 Å². The molecule has 20 heavy (non-hydrogen) atoms. The smallest absolute Gasteiger partial charge is 0.318 e. The van der Waals surface area contributed by atoms with Crippen molar-refractivity contribution in [1.29, 1.82) is 0 Å². The maximum Gasteiger partial charge on any atom is 0.318 e. The molecule has 1 aromatic heterocycles. The second-order valence-corrected chi connectivity index (χ2v) is 5.69. The average molecular weight is 284 g/mol. The number of carbonyl (C=O) groups is 1. The molecule has 0 N–H and O–H groups in total. The Morgan fingerprint density at radius 3 is 2.45 bits per heavy atom. The van der Waals surface area contributed by atoms with Gasteiger partial charge in [-0.25, -0.2) is 0 Å². The molecule has 0 aromatic carbocycles. The Kier molecular flexibility index (Phi) is 5.68. The van der Waals surface area contributed by atoms with E-state index in [1.54, 1.807) is 14.0 Å². The summed E-state index contributed by atoms with van der Waals surface area (Å²) in [5.74, 6) is -0.117. The third kappa shape index (κ3) is 3.79. The van der Waals surface area contributed by atoms with Gasteiger partial charge in [-0.15, -0.1) is 0 Å². The summed E-state index contributed by atoms with van der Waals surface area (Å²) in [5, 5.41) is 3.95. The van der Waals surface area contributed by atoms with Crippen molar-refractivity contribution in [2.24, 2.45) is 5.41 Å². The molecular weight excluding hydrogens is 260 g/mol. The van der Waals surface area contributed by atoms with E-state index in [0.29, 0.717) is 18.9 Å². The Bertz CT molecular complexity index is 437. The lowest BCUT2D eigenvalue weighted by Crippen LogP contribution is -2.21. The molecule has 0 aliphatic carbocycles. The van der Waals surface area contributed by atoms with E-state index in [0.717, 1.165) is 0 Å². The Balaban J connectivity index is 2.97. The number of hydrogen-bond donors (Lipinski definition) is 0. The van der Waals surface area contributed by atoms with Crippen LogP contribution in [-0.4, -0.2) is 29.8 Å². The number of ether oxygens (including phenoxy) is 2. The normalized spacial score (nSPS) is 14.9. The largest absolute Gasteiger partial charge is 0.465 e. The lowest BCUT2D eigenvalue weighted by Gasteiger charge is -2.26. The van der Waals surface area contributed by atoms with Crippen molar-refractivity contribution in [2.75, 3.05) is 13.7 Å². The Hall–Kier alpha value is -1.43. The van der Waals surface area contributed by atoms with Gasteiger partial charge in [0.2, 0.25) is 11.7 Å². The Morgan fingerprint density at radius 1 is 1.35 bits per heavy atom. The van der Waals surface area contributed by atoms with Crippen molar-refractivity contribution >= 4 is 5.97 Å². The number of methoxy groups -OCH3 is 1. The molecule has 0 radical (unpaired) electrons. The molecule has 1 rings (SSSR count). The summed E-state index contributed by atoms with van der Waals surface area (Å²) in [6.45, 7) is 10.1. The van der Waals surface area contributed by atoms with E-state index in [1.807, 2.05) is 27.7 Å². The molecule has 0 amide bonds. The van der Waals surface area contributed by atoms with Gasteiger partial charge in [0.05, 0.1) is 6.61 Å². The van der Waals surface area contributed by atoms with Crippen molar-refractivity contribution in [3.63, 3.8) is 0 Å².